The number of carbonyl (C=O) groups is 1. The Morgan fingerprint density at radius 2 is 1.72 bits per heavy atom. The van der Waals surface area contributed by atoms with Crippen LogP contribution in [-0.4, -0.2) is 44.5 Å². The van der Waals surface area contributed by atoms with Gasteiger partial charge in [0.2, 0.25) is 5.69 Å². The van der Waals surface area contributed by atoms with Crippen molar-refractivity contribution in [3.8, 4) is 22.9 Å². The average Bonchev–Trinajstić information content (AvgIpc) is 3.12. The van der Waals surface area contributed by atoms with Gasteiger partial charge in [-0.2, -0.15) is 0 Å². The molecule has 3 aromatic rings. The van der Waals surface area contributed by atoms with Crippen LogP contribution in [0.5, 0.6) is 17.2 Å². The topological polar surface area (TPSA) is 97.9 Å². The summed E-state index contributed by atoms with van der Waals surface area (Å²) in [7, 11) is 6.19. The molecular weight excluding hydrogens is 378 g/mol. The molecule has 1 amide bonds. The van der Waals surface area contributed by atoms with E-state index < -0.39 is 5.63 Å². The largest absolute Gasteiger partial charge is 0.497 e. The minimum Gasteiger partial charge on any atom is -0.497 e. The van der Waals surface area contributed by atoms with Crippen LogP contribution in [0.2, 0.25) is 0 Å². The van der Waals surface area contributed by atoms with Crippen molar-refractivity contribution in [2.45, 2.75) is 6.54 Å². The van der Waals surface area contributed by atoms with Crippen LogP contribution in [-0.2, 0) is 6.54 Å². The summed E-state index contributed by atoms with van der Waals surface area (Å²) in [6, 6.07) is 11.9. The highest BCUT2D eigenvalue weighted by Gasteiger charge is 2.27. The number of methoxy groups -OCH3 is 3. The van der Waals surface area contributed by atoms with Gasteiger partial charge in [-0.25, -0.2) is 4.79 Å². The molecule has 0 saturated carbocycles. The lowest BCUT2D eigenvalue weighted by atomic mass is 10.1. The molecule has 29 heavy (non-hydrogen) atoms. The highest BCUT2D eigenvalue weighted by molar-refractivity contribution is 5.94. The van der Waals surface area contributed by atoms with E-state index in [1.807, 2.05) is 0 Å². The maximum atomic E-state index is 12.8. The van der Waals surface area contributed by atoms with E-state index in [0.29, 0.717) is 28.5 Å². The standard InChI is InChI=1S/C20H21N3O6/c1-22(19(24)13-5-10-17(27-3)18(11-13)28-4)12-16-20(25)29-21-23(16)14-6-8-15(26-2)9-7-14/h5-11H,12H2,1-4H3/p+1. The van der Waals surface area contributed by atoms with Gasteiger partial charge in [0, 0.05) is 24.7 Å². The second kappa shape index (κ2) is 8.51. The predicted octanol–water partition coefficient (Wildman–Crippen LogP) is 1.54. The van der Waals surface area contributed by atoms with Crippen LogP contribution in [0, 0.1) is 0 Å². The number of benzene rings is 2. The van der Waals surface area contributed by atoms with Gasteiger partial charge in [0.25, 0.3) is 5.91 Å². The molecule has 2 aromatic carbocycles. The molecule has 3 rings (SSSR count). The second-order valence-electron chi connectivity index (χ2n) is 6.19. The molecule has 1 heterocycles. The molecule has 1 aromatic heterocycles. The van der Waals surface area contributed by atoms with E-state index in [1.165, 1.54) is 23.8 Å². The monoisotopic (exact) mass is 400 g/mol. The van der Waals surface area contributed by atoms with E-state index in [9.17, 15) is 9.59 Å². The third-order valence-corrected chi connectivity index (χ3v) is 4.43. The number of nitrogens with zero attached hydrogens (tertiary/aromatic N) is 2. The smallest absolute Gasteiger partial charge is 0.432 e. The molecule has 0 aliphatic carbocycles. The maximum Gasteiger partial charge on any atom is 0.432 e. The summed E-state index contributed by atoms with van der Waals surface area (Å²) in [5.41, 5.74) is 0.777. The van der Waals surface area contributed by atoms with Crippen LogP contribution in [0.4, 0.5) is 0 Å². The first-order chi connectivity index (χ1) is 14.0. The lowest BCUT2D eigenvalue weighted by Gasteiger charge is -2.15. The van der Waals surface area contributed by atoms with Crippen LogP contribution in [0.25, 0.3) is 5.69 Å². The van der Waals surface area contributed by atoms with Gasteiger partial charge in [0.1, 0.15) is 12.3 Å². The molecule has 0 saturated heterocycles. The molecule has 0 aliphatic heterocycles. The van der Waals surface area contributed by atoms with Gasteiger partial charge in [-0.15, -0.1) is 0 Å². The van der Waals surface area contributed by atoms with Gasteiger partial charge in [-0.3, -0.25) is 9.32 Å². The molecule has 9 nitrogen and oxygen atoms in total. The number of carbonyl (C=O) groups excluding carboxylic acids is 1. The molecule has 0 fully saturated rings. The number of rotatable bonds is 7. The first-order valence-electron chi connectivity index (χ1n) is 8.72. The summed E-state index contributed by atoms with van der Waals surface area (Å²) < 4.78 is 22.0. The van der Waals surface area contributed by atoms with Crippen molar-refractivity contribution in [1.29, 1.82) is 0 Å². The number of hydrogen-bond acceptors (Lipinski definition) is 6. The molecule has 0 aliphatic rings. The van der Waals surface area contributed by atoms with E-state index in [4.69, 9.17) is 18.7 Å². The third-order valence-electron chi connectivity index (χ3n) is 4.43. The fourth-order valence-electron chi connectivity index (χ4n) is 2.85. The minimum atomic E-state index is -0.562. The molecule has 0 spiro atoms. The van der Waals surface area contributed by atoms with Crippen molar-refractivity contribution in [3.05, 3.63) is 64.1 Å². The summed E-state index contributed by atoms with van der Waals surface area (Å²) in [5, 5.41) is 2.56. The van der Waals surface area contributed by atoms with Gasteiger partial charge in [0.05, 0.1) is 21.3 Å². The summed E-state index contributed by atoms with van der Waals surface area (Å²) in [6.07, 6.45) is 0. The number of amides is 1. The normalized spacial score (nSPS) is 10.5. The van der Waals surface area contributed by atoms with Gasteiger partial charge in [-0.05, 0) is 40.3 Å². The zero-order valence-electron chi connectivity index (χ0n) is 16.6. The van der Waals surface area contributed by atoms with Crippen molar-refractivity contribution >= 4 is 5.91 Å². The van der Waals surface area contributed by atoms with E-state index >= 15 is 0 Å². The number of nitrogens with one attached hydrogen (secondary N) is 1. The lowest BCUT2D eigenvalue weighted by Crippen LogP contribution is -2.42. The first-order valence-corrected chi connectivity index (χ1v) is 8.72. The highest BCUT2D eigenvalue weighted by Crippen LogP contribution is 2.28. The van der Waals surface area contributed by atoms with Crippen LogP contribution >= 0.6 is 0 Å². The Morgan fingerprint density at radius 1 is 1.03 bits per heavy atom. The molecule has 0 radical (unpaired) electrons. The van der Waals surface area contributed by atoms with Crippen molar-refractivity contribution in [2.75, 3.05) is 28.4 Å². The first kappa shape index (κ1) is 20.0. The molecule has 1 N–H and O–H groups in total. The average molecular weight is 400 g/mol. The fraction of sp³-hybridized carbons (Fsp3) is 0.250. The van der Waals surface area contributed by atoms with E-state index in [0.717, 1.165) is 0 Å². The van der Waals surface area contributed by atoms with Crippen LogP contribution in [0.1, 0.15) is 16.1 Å². The zero-order valence-corrected chi connectivity index (χ0v) is 16.6. The van der Waals surface area contributed by atoms with Crippen molar-refractivity contribution < 1.29 is 28.2 Å². The van der Waals surface area contributed by atoms with Crippen molar-refractivity contribution in [2.24, 2.45) is 0 Å². The van der Waals surface area contributed by atoms with Gasteiger partial charge < -0.3 is 19.1 Å². The SMILES string of the molecule is COc1ccc(-[n+]2[nH]oc(=O)c2CN(C)C(=O)c2ccc(OC)c(OC)c2)cc1. The number of hydrogen-bond donors (Lipinski definition) is 1. The molecule has 9 heteroatoms. The minimum absolute atomic E-state index is 0.0328. The van der Waals surface area contributed by atoms with Crippen LogP contribution in [0.15, 0.2) is 51.8 Å². The summed E-state index contributed by atoms with van der Waals surface area (Å²) in [5.74, 6) is 1.37. The molecular formula is C20H22N3O6+. The Balaban J connectivity index is 1.85. The van der Waals surface area contributed by atoms with Crippen LogP contribution < -0.4 is 24.5 Å². The Morgan fingerprint density at radius 3 is 2.34 bits per heavy atom. The highest BCUT2D eigenvalue weighted by atomic mass is 16.5. The number of aromatic nitrogens is 2. The summed E-state index contributed by atoms with van der Waals surface area (Å²) in [4.78, 5) is 26.5. The van der Waals surface area contributed by atoms with Gasteiger partial charge >= 0.3 is 11.3 Å². The zero-order chi connectivity index (χ0) is 21.0. The fourth-order valence-corrected chi connectivity index (χ4v) is 2.85. The molecule has 152 valence electrons. The van der Waals surface area contributed by atoms with Gasteiger partial charge in [0.15, 0.2) is 11.5 Å². The predicted molar refractivity (Wildman–Crippen MR) is 103 cm³/mol. The Labute approximate surface area is 167 Å². The Hall–Kier alpha value is -3.75. The van der Waals surface area contributed by atoms with E-state index in [1.54, 1.807) is 56.6 Å². The molecule has 0 unspecified atom stereocenters. The van der Waals surface area contributed by atoms with Gasteiger partial charge in [-0.1, -0.05) is 0 Å². The molecule has 0 atom stereocenters. The number of ether oxygens (including phenoxy) is 3. The van der Waals surface area contributed by atoms with Crippen LogP contribution in [0.3, 0.4) is 0 Å². The maximum absolute atomic E-state index is 12.8. The lowest BCUT2D eigenvalue weighted by molar-refractivity contribution is -0.678. The Bertz CT molecular complexity index is 1050. The van der Waals surface area contributed by atoms with E-state index in [2.05, 4.69) is 5.27 Å². The summed E-state index contributed by atoms with van der Waals surface area (Å²) >= 11 is 0. The van der Waals surface area contributed by atoms with Crippen molar-refractivity contribution in [1.82, 2.24) is 10.2 Å². The quantitative estimate of drug-likeness (QED) is 0.604. The molecule has 0 bridgehead atoms. The summed E-state index contributed by atoms with van der Waals surface area (Å²) in [6.45, 7) is 0.0328. The van der Waals surface area contributed by atoms with Crippen molar-refractivity contribution in [3.63, 3.8) is 0 Å². The Kier molecular flexibility index (Phi) is 5.87. The number of H-pyrrole nitrogens is 1. The number of aromatic amines is 1. The second-order valence-corrected chi connectivity index (χ2v) is 6.19. The van der Waals surface area contributed by atoms with E-state index in [-0.39, 0.29) is 18.1 Å². The third kappa shape index (κ3) is 4.08.